The van der Waals surface area contributed by atoms with E-state index in [0.29, 0.717) is 22.2 Å². The molecule has 3 heterocycles. The molecule has 0 fully saturated rings. The minimum absolute atomic E-state index is 0.0998. The first-order valence-corrected chi connectivity index (χ1v) is 12.0. The number of thiazole rings is 1. The van der Waals surface area contributed by atoms with Crippen LogP contribution in [0.4, 0.5) is 31.5 Å². The smallest absolute Gasteiger partial charge is 0.416 e. The Bertz CT molecular complexity index is 1680. The van der Waals surface area contributed by atoms with Crippen molar-refractivity contribution in [3.8, 4) is 5.88 Å². The quantitative estimate of drug-likeness (QED) is 0.333. The minimum Gasteiger partial charge on any atom is -0.492 e. The Labute approximate surface area is 219 Å². The number of fused-ring (bicyclic) bond motifs is 1. The lowest BCUT2D eigenvalue weighted by atomic mass is 9.94. The van der Waals surface area contributed by atoms with Gasteiger partial charge >= 0.3 is 12.4 Å². The van der Waals surface area contributed by atoms with E-state index >= 15 is 0 Å². The fourth-order valence-corrected chi connectivity index (χ4v) is 4.87. The van der Waals surface area contributed by atoms with Gasteiger partial charge in [0.05, 0.1) is 27.6 Å². The fourth-order valence-electron chi connectivity index (χ4n) is 3.95. The van der Waals surface area contributed by atoms with Crippen LogP contribution in [0.15, 0.2) is 65.3 Å². The summed E-state index contributed by atoms with van der Waals surface area (Å²) in [5.41, 5.74) is -1.67. The number of hydrogen-bond donors (Lipinski definition) is 2. The van der Waals surface area contributed by atoms with Gasteiger partial charge in [0, 0.05) is 36.5 Å². The number of hydrogen-bond acceptors (Lipinski definition) is 8. The van der Waals surface area contributed by atoms with Crippen molar-refractivity contribution in [2.75, 3.05) is 5.32 Å². The van der Waals surface area contributed by atoms with Crippen LogP contribution in [-0.4, -0.2) is 26.3 Å². The molecular formula is C25H16F6N6OS. The third-order valence-corrected chi connectivity index (χ3v) is 6.85. The van der Waals surface area contributed by atoms with Gasteiger partial charge in [0.1, 0.15) is 6.33 Å². The molecule has 4 aromatic rings. The molecule has 2 aromatic heterocycles. The first-order chi connectivity index (χ1) is 18.5. The van der Waals surface area contributed by atoms with Gasteiger partial charge in [-0.1, -0.05) is 23.5 Å². The zero-order valence-electron chi connectivity index (χ0n) is 19.5. The topological polar surface area (TPSA) is 95.7 Å². The van der Waals surface area contributed by atoms with Gasteiger partial charge in [-0.15, -0.1) is 0 Å². The highest BCUT2D eigenvalue weighted by Crippen LogP contribution is 2.40. The molecule has 0 amide bonds. The standard InChI is InChI=1S/C25H16F6N6OS/c26-24(27,28)17-3-1-15(19(7-17)25(29,30)31)6-18(14-2-4-20-16(5-14)11-35-37-20)21-22(38)36-23(39-21)34-10-13-8-32-12-33-9-13/h1-5,7-9,11-12,38H,6,10H2,(H,34,36). The number of nitrogens with zero attached hydrogens (tertiary/aromatic N) is 5. The molecule has 0 spiro atoms. The van der Waals surface area contributed by atoms with Crippen molar-refractivity contribution in [3.05, 3.63) is 98.4 Å². The van der Waals surface area contributed by atoms with Crippen LogP contribution < -0.4 is 15.9 Å². The van der Waals surface area contributed by atoms with Crippen molar-refractivity contribution >= 4 is 28.3 Å². The number of anilines is 1. The lowest BCUT2D eigenvalue weighted by Crippen LogP contribution is -2.18. The Balaban J connectivity index is 1.61. The van der Waals surface area contributed by atoms with Gasteiger partial charge in [-0.05, 0) is 40.6 Å². The molecule has 1 aliphatic heterocycles. The van der Waals surface area contributed by atoms with E-state index in [1.807, 2.05) is 0 Å². The highest BCUT2D eigenvalue weighted by Gasteiger charge is 2.38. The normalized spacial score (nSPS) is 13.7. The summed E-state index contributed by atoms with van der Waals surface area (Å²) in [6, 6.07) is 6.36. The van der Waals surface area contributed by atoms with Crippen LogP contribution in [0.2, 0.25) is 0 Å². The molecule has 1 aliphatic rings. The molecule has 200 valence electrons. The molecule has 0 saturated heterocycles. The second-order valence-corrected chi connectivity index (χ2v) is 9.41. The molecule has 0 saturated carbocycles. The van der Waals surface area contributed by atoms with Crippen molar-refractivity contribution in [2.45, 2.75) is 25.3 Å². The van der Waals surface area contributed by atoms with Crippen LogP contribution in [0.25, 0.3) is 5.57 Å². The molecule has 5 rings (SSSR count). The lowest BCUT2D eigenvalue weighted by molar-refractivity contribution is -0.143. The number of alkyl halides is 6. The molecule has 7 nitrogen and oxygen atoms in total. The third-order valence-electron chi connectivity index (χ3n) is 5.79. The Morgan fingerprint density at radius 3 is 2.44 bits per heavy atom. The Kier molecular flexibility index (Phi) is 6.80. The van der Waals surface area contributed by atoms with Crippen LogP contribution in [0, 0.1) is 0 Å². The van der Waals surface area contributed by atoms with Gasteiger partial charge in [0.2, 0.25) is 5.88 Å². The van der Waals surface area contributed by atoms with E-state index in [0.717, 1.165) is 23.0 Å². The van der Waals surface area contributed by atoms with Crippen molar-refractivity contribution in [1.82, 2.24) is 15.0 Å². The first-order valence-electron chi connectivity index (χ1n) is 11.2. The van der Waals surface area contributed by atoms with E-state index in [1.165, 1.54) is 12.5 Å². The lowest BCUT2D eigenvalue weighted by Gasteiger charge is -2.17. The average molecular weight is 562 g/mol. The Hall–Kier alpha value is -4.33. The second-order valence-electron chi connectivity index (χ2n) is 8.41. The molecule has 2 aromatic carbocycles. The third kappa shape index (κ3) is 5.74. The number of nitrogens with one attached hydrogen (secondary N) is 1. The summed E-state index contributed by atoms with van der Waals surface area (Å²) in [4.78, 5) is 12.1. The van der Waals surface area contributed by atoms with E-state index in [1.54, 1.807) is 30.6 Å². The van der Waals surface area contributed by atoms with E-state index in [4.69, 9.17) is 0 Å². The van der Waals surface area contributed by atoms with Crippen LogP contribution in [0.5, 0.6) is 5.88 Å². The van der Waals surface area contributed by atoms with Crippen LogP contribution >= 0.6 is 11.3 Å². The zero-order chi connectivity index (χ0) is 27.8. The number of rotatable bonds is 6. The van der Waals surface area contributed by atoms with E-state index in [2.05, 4.69) is 30.5 Å². The van der Waals surface area contributed by atoms with E-state index in [9.17, 15) is 31.4 Å². The molecule has 0 aliphatic carbocycles. The van der Waals surface area contributed by atoms with Crippen molar-refractivity contribution in [3.63, 3.8) is 0 Å². The summed E-state index contributed by atoms with van der Waals surface area (Å²) >= 11 is 0.987. The molecule has 0 unspecified atom stereocenters. The van der Waals surface area contributed by atoms with Gasteiger partial charge in [0.25, 0.3) is 0 Å². The number of aromatic hydroxyl groups is 1. The van der Waals surface area contributed by atoms with Crippen molar-refractivity contribution < 1.29 is 31.4 Å². The molecule has 2 N–H and O–H groups in total. The van der Waals surface area contributed by atoms with Crippen LogP contribution in [-0.2, 0) is 25.3 Å². The predicted molar refractivity (Wildman–Crippen MR) is 131 cm³/mol. The van der Waals surface area contributed by atoms with Crippen LogP contribution in [0.1, 0.15) is 32.7 Å². The molecule has 39 heavy (non-hydrogen) atoms. The monoisotopic (exact) mass is 562 g/mol. The summed E-state index contributed by atoms with van der Waals surface area (Å²) in [6.07, 6.45) is -4.46. The van der Waals surface area contributed by atoms with Gasteiger partial charge in [0.15, 0.2) is 5.13 Å². The highest BCUT2D eigenvalue weighted by atomic mass is 32.1. The van der Waals surface area contributed by atoms with E-state index in [-0.39, 0.29) is 28.2 Å². The molecule has 0 radical (unpaired) electrons. The SMILES string of the molecule is Oc1nc(NCc2cncnc2)sc1C(Cc1ccc(C(F)(F)F)cc1C(F)(F)F)=c1ccc2c(c1)C=NN=2. The summed E-state index contributed by atoms with van der Waals surface area (Å²) in [6.45, 7) is 0.260. The molecule has 0 bridgehead atoms. The second kappa shape index (κ2) is 10.1. The van der Waals surface area contributed by atoms with Crippen LogP contribution in [0.3, 0.4) is 0 Å². The number of benzene rings is 2. The minimum atomic E-state index is -5.05. The van der Waals surface area contributed by atoms with Crippen molar-refractivity contribution in [2.24, 2.45) is 10.2 Å². The summed E-state index contributed by atoms with van der Waals surface area (Å²) in [5.74, 6) is -0.443. The number of halogens is 6. The van der Waals surface area contributed by atoms with Gasteiger partial charge in [-0.3, -0.25) is 0 Å². The zero-order valence-corrected chi connectivity index (χ0v) is 20.4. The van der Waals surface area contributed by atoms with Gasteiger partial charge < -0.3 is 10.4 Å². The van der Waals surface area contributed by atoms with Gasteiger partial charge in [-0.2, -0.15) is 41.5 Å². The van der Waals surface area contributed by atoms with Crippen molar-refractivity contribution in [1.29, 1.82) is 0 Å². The molecule has 0 atom stereocenters. The van der Waals surface area contributed by atoms with Gasteiger partial charge in [-0.25, -0.2) is 9.97 Å². The molecule has 14 heteroatoms. The molecular weight excluding hydrogens is 546 g/mol. The summed E-state index contributed by atoms with van der Waals surface area (Å²) in [7, 11) is 0. The fraction of sp³-hybridized carbons (Fsp3) is 0.160. The summed E-state index contributed by atoms with van der Waals surface area (Å²) in [5, 5.41) is 22.7. The first kappa shape index (κ1) is 26.3. The summed E-state index contributed by atoms with van der Waals surface area (Å²) < 4.78 is 81.4. The highest BCUT2D eigenvalue weighted by molar-refractivity contribution is 7.16. The van der Waals surface area contributed by atoms with E-state index < -0.39 is 41.3 Å². The Morgan fingerprint density at radius 1 is 0.949 bits per heavy atom. The maximum atomic E-state index is 13.9. The largest absolute Gasteiger partial charge is 0.492 e. The average Bonchev–Trinajstić information content (AvgIpc) is 3.51. The number of aromatic nitrogens is 3. The maximum Gasteiger partial charge on any atom is 0.416 e. The maximum absolute atomic E-state index is 13.9. The Morgan fingerprint density at radius 2 is 1.72 bits per heavy atom. The predicted octanol–water partition coefficient (Wildman–Crippen LogP) is 4.70.